The number of rotatable bonds is 2. The summed E-state index contributed by atoms with van der Waals surface area (Å²) in [5.74, 6) is 0.794. The molecule has 149 valence electrons. The molecule has 0 aliphatic carbocycles. The summed E-state index contributed by atoms with van der Waals surface area (Å²) in [5, 5.41) is 9.33. The first-order valence-corrected chi connectivity index (χ1v) is 9.30. The van der Waals surface area contributed by atoms with Gasteiger partial charge in [0.15, 0.2) is 0 Å². The van der Waals surface area contributed by atoms with Crippen LogP contribution in [0.25, 0.3) is 0 Å². The second-order valence-corrected chi connectivity index (χ2v) is 8.03. The molecule has 1 aliphatic heterocycles. The number of benzene rings is 2. The van der Waals surface area contributed by atoms with Gasteiger partial charge in [-0.1, -0.05) is 44.4 Å². The fraction of sp³-hybridized carbons (Fsp3) is 0.208. The van der Waals surface area contributed by atoms with E-state index in [-0.39, 0.29) is 25.5 Å². The number of fused-ring (bicyclic) bond motifs is 1. The van der Waals surface area contributed by atoms with Crippen LogP contribution in [-0.2, 0) is 25.5 Å². The van der Waals surface area contributed by atoms with Crippen molar-refractivity contribution in [2.75, 3.05) is 9.80 Å². The largest absolute Gasteiger partial charge is 0.478 e. The molecule has 2 heterocycles. The Morgan fingerprint density at radius 1 is 1.07 bits per heavy atom. The van der Waals surface area contributed by atoms with Crippen LogP contribution in [0.15, 0.2) is 54.7 Å². The molecular formula is C24H22IrN4-2. The third kappa shape index (κ3) is 3.92. The summed E-state index contributed by atoms with van der Waals surface area (Å²) in [5.41, 5.74) is 5.88. The van der Waals surface area contributed by atoms with Crippen molar-refractivity contribution >= 4 is 22.9 Å². The number of nitrogens with zero attached hydrogens (tertiary/aromatic N) is 4. The molecule has 0 N–H and O–H groups in total. The maximum atomic E-state index is 9.33. The molecule has 0 amide bonds. The van der Waals surface area contributed by atoms with E-state index in [0.717, 1.165) is 28.4 Å². The molecule has 5 heteroatoms. The van der Waals surface area contributed by atoms with Gasteiger partial charge in [0.05, 0.1) is 11.3 Å². The van der Waals surface area contributed by atoms with E-state index in [4.69, 9.17) is 0 Å². The normalized spacial score (nSPS) is 12.9. The zero-order chi connectivity index (χ0) is 19.9. The molecule has 0 unspecified atom stereocenters. The predicted octanol–water partition coefficient (Wildman–Crippen LogP) is 5.77. The molecule has 0 saturated heterocycles. The molecule has 4 nitrogen and oxygen atoms in total. The van der Waals surface area contributed by atoms with Crippen molar-refractivity contribution in [3.63, 3.8) is 0 Å². The third-order valence-electron chi connectivity index (χ3n) is 4.99. The molecule has 0 atom stereocenters. The molecule has 29 heavy (non-hydrogen) atoms. The van der Waals surface area contributed by atoms with Gasteiger partial charge in [0, 0.05) is 32.0 Å². The van der Waals surface area contributed by atoms with Crippen LogP contribution >= 0.6 is 0 Å². The van der Waals surface area contributed by atoms with Crippen molar-refractivity contribution in [1.82, 2.24) is 4.98 Å². The Balaban J connectivity index is 0.00000240. The number of para-hydroxylation sites is 1. The van der Waals surface area contributed by atoms with Gasteiger partial charge in [-0.3, -0.25) is 0 Å². The van der Waals surface area contributed by atoms with Gasteiger partial charge < -0.3 is 9.80 Å². The van der Waals surface area contributed by atoms with Crippen molar-refractivity contribution in [1.29, 1.82) is 5.26 Å². The molecule has 1 radical (unpaired) electrons. The van der Waals surface area contributed by atoms with Gasteiger partial charge in [-0.15, -0.1) is 18.4 Å². The monoisotopic (exact) mass is 559 g/mol. The summed E-state index contributed by atoms with van der Waals surface area (Å²) >= 11 is 0. The second kappa shape index (κ2) is 7.99. The average molecular weight is 559 g/mol. The molecule has 3 aromatic rings. The number of aryl methyl sites for hydroxylation is 1. The van der Waals surface area contributed by atoms with E-state index in [2.05, 4.69) is 74.0 Å². The van der Waals surface area contributed by atoms with Crippen molar-refractivity contribution in [2.24, 2.45) is 0 Å². The van der Waals surface area contributed by atoms with E-state index in [1.165, 1.54) is 5.56 Å². The number of nitriles is 1. The summed E-state index contributed by atoms with van der Waals surface area (Å²) < 4.78 is 0. The Hall–Kier alpha value is -2.67. The van der Waals surface area contributed by atoms with Crippen molar-refractivity contribution in [3.8, 4) is 6.07 Å². The summed E-state index contributed by atoms with van der Waals surface area (Å²) in [6.07, 6.45) is 1.62. The predicted molar refractivity (Wildman–Crippen MR) is 113 cm³/mol. The fourth-order valence-electron chi connectivity index (χ4n) is 3.34. The average Bonchev–Trinajstić information content (AvgIpc) is 3.06. The Morgan fingerprint density at radius 2 is 1.83 bits per heavy atom. The smallest absolute Gasteiger partial charge is 0.124 e. The Bertz CT molecular complexity index is 1060. The van der Waals surface area contributed by atoms with E-state index in [0.29, 0.717) is 5.56 Å². The third-order valence-corrected chi connectivity index (χ3v) is 4.99. The number of pyridine rings is 1. The van der Waals surface area contributed by atoms with Crippen molar-refractivity contribution in [3.05, 3.63) is 84.2 Å². The van der Waals surface area contributed by atoms with Crippen LogP contribution in [-0.4, -0.2) is 4.98 Å². The number of hydrogen-bond acceptors (Lipinski definition) is 4. The van der Waals surface area contributed by atoms with Gasteiger partial charge in [-0.2, -0.15) is 29.0 Å². The van der Waals surface area contributed by atoms with Crippen LogP contribution in [0.5, 0.6) is 0 Å². The molecule has 1 aliphatic rings. The second-order valence-electron chi connectivity index (χ2n) is 8.03. The molecule has 4 rings (SSSR count). The minimum Gasteiger partial charge on any atom is -0.478 e. The SMILES string of the molecule is Cc1ccccc1N1[CH-]N(c2[c-]cc(C(C)(C)C)cc2)c2ncc(C#N)cc21.[Ir]. The maximum absolute atomic E-state index is 9.33. The number of anilines is 4. The van der Waals surface area contributed by atoms with Gasteiger partial charge in [0.1, 0.15) is 11.9 Å². The van der Waals surface area contributed by atoms with Gasteiger partial charge in [0.25, 0.3) is 0 Å². The molecule has 0 spiro atoms. The summed E-state index contributed by atoms with van der Waals surface area (Å²) in [7, 11) is 0. The van der Waals surface area contributed by atoms with Gasteiger partial charge in [0.2, 0.25) is 0 Å². The fourth-order valence-corrected chi connectivity index (χ4v) is 3.34. The Labute approximate surface area is 186 Å². The Morgan fingerprint density at radius 3 is 2.45 bits per heavy atom. The molecule has 0 fully saturated rings. The molecule has 0 saturated carbocycles. The van der Waals surface area contributed by atoms with Gasteiger partial charge in [-0.05, 0) is 24.6 Å². The molecule has 1 aromatic heterocycles. The summed E-state index contributed by atoms with van der Waals surface area (Å²) in [6, 6.07) is 21.9. The zero-order valence-electron chi connectivity index (χ0n) is 16.9. The molecule has 0 bridgehead atoms. The quantitative estimate of drug-likeness (QED) is 0.375. The van der Waals surface area contributed by atoms with E-state index in [1.54, 1.807) is 6.20 Å². The van der Waals surface area contributed by atoms with E-state index in [9.17, 15) is 5.26 Å². The van der Waals surface area contributed by atoms with Crippen LogP contribution < -0.4 is 9.80 Å². The first kappa shape index (κ1) is 21.0. The maximum Gasteiger partial charge on any atom is 0.124 e. The summed E-state index contributed by atoms with van der Waals surface area (Å²) in [6.45, 7) is 10.7. The zero-order valence-corrected chi connectivity index (χ0v) is 19.3. The van der Waals surface area contributed by atoms with Crippen LogP contribution in [0.1, 0.15) is 37.5 Å². The minimum atomic E-state index is 0. The van der Waals surface area contributed by atoms with Gasteiger partial charge >= 0.3 is 0 Å². The molecular weight excluding hydrogens is 537 g/mol. The van der Waals surface area contributed by atoms with Crippen LogP contribution in [0.3, 0.4) is 0 Å². The number of aromatic nitrogens is 1. The first-order valence-electron chi connectivity index (χ1n) is 9.30. The Kier molecular flexibility index (Phi) is 5.80. The minimum absolute atomic E-state index is 0. The first-order chi connectivity index (χ1) is 13.4. The number of hydrogen-bond donors (Lipinski definition) is 0. The summed E-state index contributed by atoms with van der Waals surface area (Å²) in [4.78, 5) is 8.69. The van der Waals surface area contributed by atoms with Crippen LogP contribution in [0, 0.1) is 31.0 Å². The molecule has 2 aromatic carbocycles. The van der Waals surface area contributed by atoms with Crippen LogP contribution in [0.4, 0.5) is 22.9 Å². The van der Waals surface area contributed by atoms with E-state index >= 15 is 0 Å². The van der Waals surface area contributed by atoms with Crippen LogP contribution in [0.2, 0.25) is 0 Å². The van der Waals surface area contributed by atoms with Crippen molar-refractivity contribution in [2.45, 2.75) is 33.1 Å². The van der Waals surface area contributed by atoms with Crippen molar-refractivity contribution < 1.29 is 20.1 Å². The van der Waals surface area contributed by atoms with Gasteiger partial charge in [-0.25, -0.2) is 4.98 Å². The standard InChI is InChI=1S/C24H22N4.Ir/c1-17-7-5-6-8-21(17)28-16-27(23-22(28)13-18(14-25)15-26-23)20-11-9-19(10-12-20)24(2,3)4;/h5-11,13,15-16H,1-4H3;/q-2;. The van der Waals surface area contributed by atoms with E-state index < -0.39 is 0 Å². The topological polar surface area (TPSA) is 43.2 Å². The van der Waals surface area contributed by atoms with E-state index in [1.807, 2.05) is 35.8 Å².